The van der Waals surface area contributed by atoms with Crippen molar-refractivity contribution in [2.75, 3.05) is 26.3 Å². The number of allylic oxidation sites excluding steroid dienone is 1. The maximum Gasteiger partial charge on any atom is 0.138 e. The number of nitrogens with zero attached hydrogens (tertiary/aromatic N) is 4. The number of aromatic amines is 1. The predicted molar refractivity (Wildman–Crippen MR) is 114 cm³/mol. The van der Waals surface area contributed by atoms with Crippen LogP contribution in [0.4, 0.5) is 0 Å². The maximum atomic E-state index is 9.28. The molecule has 0 atom stereocenters. The molecule has 4 heterocycles. The number of pyridine rings is 1. The molecular weight excluding hydrogens is 364 g/mol. The third kappa shape index (κ3) is 4.19. The molecule has 7 heteroatoms. The average molecular weight is 393 g/mol. The SMILES string of the molecule is CC(C)N=C(C=C(N)c1cnc2[nH]cc(C#N)c2c1)C1CCN(C2COC2)CC1. The number of nitrogens with one attached hydrogen (secondary N) is 1. The number of hydrogen-bond donors (Lipinski definition) is 2. The highest BCUT2D eigenvalue weighted by molar-refractivity contribution is 6.02. The van der Waals surface area contributed by atoms with E-state index in [1.54, 1.807) is 12.4 Å². The number of aliphatic imine (C=N–C) groups is 1. The Morgan fingerprint density at radius 3 is 2.79 bits per heavy atom. The molecule has 2 fully saturated rings. The molecule has 0 spiro atoms. The summed E-state index contributed by atoms with van der Waals surface area (Å²) >= 11 is 0. The number of rotatable bonds is 5. The van der Waals surface area contributed by atoms with Gasteiger partial charge in [-0.2, -0.15) is 5.26 Å². The summed E-state index contributed by atoms with van der Waals surface area (Å²) in [6.45, 7) is 8.07. The summed E-state index contributed by atoms with van der Waals surface area (Å²) in [6.07, 6.45) is 7.60. The summed E-state index contributed by atoms with van der Waals surface area (Å²) in [6, 6.07) is 4.92. The topological polar surface area (TPSA) is 103 Å². The van der Waals surface area contributed by atoms with Gasteiger partial charge in [-0.15, -0.1) is 0 Å². The molecule has 2 aromatic rings. The average Bonchev–Trinajstić information content (AvgIpc) is 3.08. The van der Waals surface area contributed by atoms with Crippen LogP contribution in [0.15, 0.2) is 29.5 Å². The van der Waals surface area contributed by atoms with E-state index < -0.39 is 0 Å². The van der Waals surface area contributed by atoms with Gasteiger partial charge in [0.2, 0.25) is 0 Å². The van der Waals surface area contributed by atoms with Gasteiger partial charge in [0.05, 0.1) is 24.8 Å². The second-order valence-corrected chi connectivity index (χ2v) is 8.18. The van der Waals surface area contributed by atoms with Crippen LogP contribution in [0.25, 0.3) is 16.7 Å². The highest BCUT2D eigenvalue weighted by Crippen LogP contribution is 2.25. The highest BCUT2D eigenvalue weighted by atomic mass is 16.5. The van der Waals surface area contributed by atoms with Gasteiger partial charge in [0.1, 0.15) is 11.7 Å². The van der Waals surface area contributed by atoms with Crippen molar-refractivity contribution in [1.29, 1.82) is 5.26 Å². The minimum Gasteiger partial charge on any atom is -0.398 e. The van der Waals surface area contributed by atoms with Crippen LogP contribution in [0.5, 0.6) is 0 Å². The van der Waals surface area contributed by atoms with Crippen molar-refractivity contribution in [2.24, 2.45) is 16.6 Å². The lowest BCUT2D eigenvalue weighted by Crippen LogP contribution is -2.52. The van der Waals surface area contributed by atoms with Gasteiger partial charge in [0, 0.05) is 46.7 Å². The molecule has 2 aromatic heterocycles. The number of nitrogens with two attached hydrogens (primary N) is 1. The van der Waals surface area contributed by atoms with Gasteiger partial charge in [0.25, 0.3) is 0 Å². The Morgan fingerprint density at radius 1 is 1.41 bits per heavy atom. The molecule has 29 heavy (non-hydrogen) atoms. The molecule has 0 radical (unpaired) electrons. The zero-order chi connectivity index (χ0) is 20.4. The second-order valence-electron chi connectivity index (χ2n) is 8.18. The first-order valence-corrected chi connectivity index (χ1v) is 10.3. The van der Waals surface area contributed by atoms with Crippen LogP contribution < -0.4 is 5.73 Å². The van der Waals surface area contributed by atoms with Gasteiger partial charge >= 0.3 is 0 Å². The van der Waals surface area contributed by atoms with E-state index in [-0.39, 0.29) is 6.04 Å². The largest absolute Gasteiger partial charge is 0.398 e. The second kappa shape index (κ2) is 8.36. The van der Waals surface area contributed by atoms with Crippen molar-refractivity contribution in [2.45, 2.75) is 38.8 Å². The van der Waals surface area contributed by atoms with Crippen molar-refractivity contribution < 1.29 is 4.74 Å². The summed E-state index contributed by atoms with van der Waals surface area (Å²) in [5, 5.41) is 10.1. The fraction of sp³-hybridized carbons (Fsp3) is 0.500. The van der Waals surface area contributed by atoms with Crippen LogP contribution in [-0.4, -0.2) is 59.0 Å². The standard InChI is InChI=1S/C22H28N6O/c1-14(2)27-21(15-3-5-28(6-4-15)18-12-29-13-18)8-20(24)16-7-19-17(9-23)11-26-22(19)25-10-16/h7-8,10-11,14-15,18H,3-6,12-13,24H2,1-2H3,(H,25,26). The van der Waals surface area contributed by atoms with Crippen molar-refractivity contribution in [3.63, 3.8) is 0 Å². The van der Waals surface area contributed by atoms with Crippen molar-refractivity contribution in [1.82, 2.24) is 14.9 Å². The van der Waals surface area contributed by atoms with E-state index in [9.17, 15) is 5.26 Å². The number of piperidine rings is 1. The van der Waals surface area contributed by atoms with Crippen molar-refractivity contribution in [3.05, 3.63) is 35.7 Å². The molecule has 2 aliphatic rings. The first kappa shape index (κ1) is 19.6. The first-order valence-electron chi connectivity index (χ1n) is 10.3. The van der Waals surface area contributed by atoms with Crippen LogP contribution in [0.1, 0.15) is 37.8 Å². The van der Waals surface area contributed by atoms with Crippen molar-refractivity contribution in [3.8, 4) is 6.07 Å². The Balaban J connectivity index is 1.56. The molecule has 0 amide bonds. The predicted octanol–water partition coefficient (Wildman–Crippen LogP) is 2.69. The van der Waals surface area contributed by atoms with Gasteiger partial charge in [-0.25, -0.2) is 4.98 Å². The van der Waals surface area contributed by atoms with E-state index in [2.05, 4.69) is 34.8 Å². The summed E-state index contributed by atoms with van der Waals surface area (Å²) in [5.74, 6) is 0.409. The number of ether oxygens (including phenoxy) is 1. The fourth-order valence-electron chi connectivity index (χ4n) is 4.05. The molecule has 2 saturated heterocycles. The summed E-state index contributed by atoms with van der Waals surface area (Å²) < 4.78 is 5.34. The molecule has 0 aromatic carbocycles. The summed E-state index contributed by atoms with van der Waals surface area (Å²) in [7, 11) is 0. The molecule has 7 nitrogen and oxygen atoms in total. The van der Waals surface area contributed by atoms with E-state index in [1.165, 1.54) is 0 Å². The molecule has 0 saturated carbocycles. The van der Waals surface area contributed by atoms with E-state index in [0.29, 0.717) is 28.9 Å². The quantitative estimate of drug-likeness (QED) is 0.762. The summed E-state index contributed by atoms with van der Waals surface area (Å²) in [5.41, 5.74) is 10.2. The minimum absolute atomic E-state index is 0.211. The highest BCUT2D eigenvalue weighted by Gasteiger charge is 2.31. The molecule has 2 aliphatic heterocycles. The third-order valence-corrected chi connectivity index (χ3v) is 5.78. The molecule has 3 N–H and O–H groups in total. The first-order chi connectivity index (χ1) is 14.0. The number of aromatic nitrogens is 2. The molecular formula is C22H28N6O. The minimum atomic E-state index is 0.211. The Morgan fingerprint density at radius 2 is 2.17 bits per heavy atom. The molecule has 0 bridgehead atoms. The van der Waals surface area contributed by atoms with Crippen LogP contribution >= 0.6 is 0 Å². The molecule has 0 unspecified atom stereocenters. The Labute approximate surface area is 171 Å². The number of hydrogen-bond acceptors (Lipinski definition) is 6. The van der Waals surface area contributed by atoms with Crippen LogP contribution in [0.2, 0.25) is 0 Å². The van der Waals surface area contributed by atoms with Crippen LogP contribution in [0.3, 0.4) is 0 Å². The van der Waals surface area contributed by atoms with E-state index in [1.807, 2.05) is 12.1 Å². The van der Waals surface area contributed by atoms with Crippen molar-refractivity contribution >= 4 is 22.4 Å². The molecule has 4 rings (SSSR count). The molecule has 152 valence electrons. The van der Waals surface area contributed by atoms with Gasteiger partial charge < -0.3 is 15.5 Å². The van der Waals surface area contributed by atoms with Gasteiger partial charge in [0.15, 0.2) is 0 Å². The number of fused-ring (bicyclic) bond motifs is 1. The van der Waals surface area contributed by atoms with Gasteiger partial charge in [-0.1, -0.05) is 0 Å². The molecule has 0 aliphatic carbocycles. The normalized spacial score (nSPS) is 20.2. The van der Waals surface area contributed by atoms with Gasteiger partial charge in [-0.3, -0.25) is 9.89 Å². The lowest BCUT2D eigenvalue weighted by atomic mass is 9.89. The van der Waals surface area contributed by atoms with E-state index in [4.69, 9.17) is 15.5 Å². The number of likely N-dealkylation sites (tertiary alicyclic amines) is 1. The lowest BCUT2D eigenvalue weighted by Gasteiger charge is -2.41. The third-order valence-electron chi connectivity index (χ3n) is 5.78. The van der Waals surface area contributed by atoms with E-state index >= 15 is 0 Å². The maximum absolute atomic E-state index is 9.28. The number of H-pyrrole nitrogens is 1. The van der Waals surface area contributed by atoms with Crippen LogP contribution in [-0.2, 0) is 4.74 Å². The Bertz CT molecular complexity index is 971. The lowest BCUT2D eigenvalue weighted by molar-refractivity contribution is -0.0716. The Kier molecular flexibility index (Phi) is 5.65. The zero-order valence-electron chi connectivity index (χ0n) is 17.1. The summed E-state index contributed by atoms with van der Waals surface area (Å²) in [4.78, 5) is 14.9. The van der Waals surface area contributed by atoms with Gasteiger partial charge in [-0.05, 0) is 51.9 Å². The Hall–Kier alpha value is -2.69. The smallest absolute Gasteiger partial charge is 0.138 e. The fourth-order valence-corrected chi connectivity index (χ4v) is 4.05. The van der Waals surface area contributed by atoms with E-state index in [0.717, 1.165) is 55.8 Å². The zero-order valence-corrected chi connectivity index (χ0v) is 17.1. The monoisotopic (exact) mass is 392 g/mol. The number of nitriles is 1. The van der Waals surface area contributed by atoms with Crippen LogP contribution in [0, 0.1) is 17.2 Å².